The highest BCUT2D eigenvalue weighted by Gasteiger charge is 2.11. The molecule has 1 rings (SSSR count). The van der Waals surface area contributed by atoms with E-state index in [1.165, 1.54) is 31.2 Å². The molecule has 0 radical (unpaired) electrons. The van der Waals surface area contributed by atoms with Gasteiger partial charge in [0.05, 0.1) is 0 Å². The molecule has 0 fully saturated rings. The Morgan fingerprint density at radius 3 is 2.29 bits per heavy atom. The first kappa shape index (κ1) is 12.6. The number of rotatable bonds is 3. The Kier molecular flexibility index (Phi) is 4.86. The predicted octanol–water partition coefficient (Wildman–Crippen LogP) is 1.36. The average molecular weight is 216 g/mol. The van der Waals surface area contributed by atoms with Gasteiger partial charge in [0.1, 0.15) is 11.5 Å². The van der Waals surface area contributed by atoms with E-state index in [1.54, 1.807) is 0 Å². The van der Waals surface area contributed by atoms with Crippen molar-refractivity contribution in [3.8, 4) is 11.5 Å². The first-order valence-electron chi connectivity index (χ1n) is 3.78. The minimum Gasteiger partial charge on any atom is -0.508 e. The summed E-state index contributed by atoms with van der Waals surface area (Å²) in [6.07, 6.45) is -0.885. The van der Waals surface area contributed by atoms with Crippen molar-refractivity contribution >= 4 is 19.5 Å². The van der Waals surface area contributed by atoms with Gasteiger partial charge in [-0.2, -0.15) is 13.5 Å². The van der Waals surface area contributed by atoms with Crippen LogP contribution in [0.5, 0.6) is 11.5 Å². The first-order valence-corrected chi connectivity index (χ1v) is 3.78. The molecule has 1 aromatic rings. The van der Waals surface area contributed by atoms with Crippen LogP contribution < -0.4 is 4.74 Å². The van der Waals surface area contributed by atoms with E-state index < -0.39 is 12.1 Å². The van der Waals surface area contributed by atoms with Gasteiger partial charge in [-0.3, -0.25) is 0 Å². The fourth-order valence-electron chi connectivity index (χ4n) is 0.779. The van der Waals surface area contributed by atoms with Gasteiger partial charge in [0.25, 0.3) is 0 Å². The number of phenolic OH excluding ortho intramolecular Hbond substituents is 1. The molecular formula is C9H12O4S. The lowest BCUT2D eigenvalue weighted by atomic mass is 10.3. The van der Waals surface area contributed by atoms with Gasteiger partial charge in [-0.25, -0.2) is 4.79 Å². The SMILES string of the molecule is C[C@H](Oc1ccc(O)cc1)C(=O)O.S. The number of hydrogen-bond donors (Lipinski definition) is 2. The lowest BCUT2D eigenvalue weighted by Crippen LogP contribution is -2.22. The van der Waals surface area contributed by atoms with Gasteiger partial charge in [0.2, 0.25) is 0 Å². The molecule has 0 bridgehead atoms. The normalized spacial score (nSPS) is 11.2. The van der Waals surface area contributed by atoms with Crippen LogP contribution in [0.25, 0.3) is 0 Å². The summed E-state index contributed by atoms with van der Waals surface area (Å²) in [5.74, 6) is -0.476. The molecule has 0 aliphatic rings. The highest BCUT2D eigenvalue weighted by molar-refractivity contribution is 7.59. The summed E-state index contributed by atoms with van der Waals surface area (Å²) in [4.78, 5) is 10.4. The average Bonchev–Trinajstić information content (AvgIpc) is 2.08. The second kappa shape index (κ2) is 5.39. The Bertz CT molecular complexity index is 296. The van der Waals surface area contributed by atoms with E-state index in [9.17, 15) is 4.79 Å². The summed E-state index contributed by atoms with van der Waals surface area (Å²) < 4.78 is 5.02. The monoisotopic (exact) mass is 216 g/mol. The smallest absolute Gasteiger partial charge is 0.344 e. The molecule has 78 valence electrons. The molecule has 0 unspecified atom stereocenters. The molecule has 0 aliphatic heterocycles. The van der Waals surface area contributed by atoms with E-state index in [-0.39, 0.29) is 19.2 Å². The van der Waals surface area contributed by atoms with Crippen LogP contribution in [0, 0.1) is 0 Å². The summed E-state index contributed by atoms with van der Waals surface area (Å²) >= 11 is 0. The molecular weight excluding hydrogens is 204 g/mol. The van der Waals surface area contributed by atoms with Crippen LogP contribution in [-0.2, 0) is 4.79 Å². The maximum Gasteiger partial charge on any atom is 0.344 e. The van der Waals surface area contributed by atoms with Crippen molar-refractivity contribution in [1.29, 1.82) is 0 Å². The number of aliphatic carboxylic acids is 1. The number of ether oxygens (including phenoxy) is 1. The Morgan fingerprint density at radius 1 is 1.36 bits per heavy atom. The van der Waals surface area contributed by atoms with Crippen molar-refractivity contribution in [2.45, 2.75) is 13.0 Å². The summed E-state index contributed by atoms with van der Waals surface area (Å²) in [6, 6.07) is 5.89. The molecule has 1 aromatic carbocycles. The molecule has 0 spiro atoms. The second-order valence-corrected chi connectivity index (χ2v) is 2.59. The number of carboxylic acids is 1. The van der Waals surface area contributed by atoms with Crippen LogP contribution >= 0.6 is 13.5 Å². The van der Waals surface area contributed by atoms with Crippen molar-refractivity contribution in [3.63, 3.8) is 0 Å². The van der Waals surface area contributed by atoms with E-state index in [4.69, 9.17) is 14.9 Å². The minimum atomic E-state index is -1.02. The molecule has 2 N–H and O–H groups in total. The molecule has 0 saturated heterocycles. The summed E-state index contributed by atoms with van der Waals surface area (Å²) in [5.41, 5.74) is 0. The van der Waals surface area contributed by atoms with Crippen LogP contribution in [0.4, 0.5) is 0 Å². The standard InChI is InChI=1S/C9H10O4.H2S/c1-6(9(11)12)13-8-4-2-7(10)3-5-8;/h2-6,10H,1H3,(H,11,12);1H2/t6-;/m0./s1. The van der Waals surface area contributed by atoms with E-state index >= 15 is 0 Å². The zero-order chi connectivity index (χ0) is 9.84. The van der Waals surface area contributed by atoms with Gasteiger partial charge in [0.15, 0.2) is 6.10 Å². The molecule has 4 nitrogen and oxygen atoms in total. The number of carboxylic acid groups (broad SMARTS) is 1. The fraction of sp³-hybridized carbons (Fsp3) is 0.222. The van der Waals surface area contributed by atoms with Crippen molar-refractivity contribution < 1.29 is 19.7 Å². The first-order chi connectivity index (χ1) is 6.09. The van der Waals surface area contributed by atoms with Gasteiger partial charge < -0.3 is 14.9 Å². The van der Waals surface area contributed by atoms with Crippen LogP contribution in [0.3, 0.4) is 0 Å². The number of aromatic hydroxyl groups is 1. The number of hydrogen-bond acceptors (Lipinski definition) is 3. The molecule has 0 heterocycles. The Balaban J connectivity index is 0.00000169. The van der Waals surface area contributed by atoms with Crippen molar-refractivity contribution in [2.75, 3.05) is 0 Å². The molecule has 1 atom stereocenters. The van der Waals surface area contributed by atoms with Crippen molar-refractivity contribution in [1.82, 2.24) is 0 Å². The summed E-state index contributed by atoms with van der Waals surface area (Å²) in [7, 11) is 0. The van der Waals surface area contributed by atoms with Gasteiger partial charge in [-0.05, 0) is 31.2 Å². The highest BCUT2D eigenvalue weighted by Crippen LogP contribution is 2.16. The van der Waals surface area contributed by atoms with Crippen molar-refractivity contribution in [2.24, 2.45) is 0 Å². The Morgan fingerprint density at radius 2 is 1.86 bits per heavy atom. The third kappa shape index (κ3) is 3.57. The quantitative estimate of drug-likeness (QED) is 0.800. The van der Waals surface area contributed by atoms with E-state index in [0.29, 0.717) is 5.75 Å². The zero-order valence-electron chi connectivity index (χ0n) is 7.60. The van der Waals surface area contributed by atoms with Crippen LogP contribution in [-0.4, -0.2) is 22.3 Å². The van der Waals surface area contributed by atoms with Gasteiger partial charge in [0, 0.05) is 0 Å². The van der Waals surface area contributed by atoms with Crippen LogP contribution in [0.2, 0.25) is 0 Å². The van der Waals surface area contributed by atoms with Crippen LogP contribution in [0.15, 0.2) is 24.3 Å². The predicted molar refractivity (Wildman–Crippen MR) is 56.2 cm³/mol. The van der Waals surface area contributed by atoms with Gasteiger partial charge >= 0.3 is 5.97 Å². The fourth-order valence-corrected chi connectivity index (χ4v) is 0.779. The number of benzene rings is 1. The lowest BCUT2D eigenvalue weighted by molar-refractivity contribution is -0.144. The van der Waals surface area contributed by atoms with Gasteiger partial charge in [-0.1, -0.05) is 0 Å². The van der Waals surface area contributed by atoms with Crippen LogP contribution in [0.1, 0.15) is 6.92 Å². The number of carbonyl (C=O) groups is 1. The maximum absolute atomic E-state index is 10.4. The largest absolute Gasteiger partial charge is 0.508 e. The third-order valence-electron chi connectivity index (χ3n) is 1.50. The van der Waals surface area contributed by atoms with E-state index in [0.717, 1.165) is 0 Å². The third-order valence-corrected chi connectivity index (χ3v) is 1.50. The second-order valence-electron chi connectivity index (χ2n) is 2.59. The molecule has 0 amide bonds. The minimum absolute atomic E-state index is 0. The maximum atomic E-state index is 10.4. The van der Waals surface area contributed by atoms with E-state index in [1.807, 2.05) is 0 Å². The molecule has 0 aliphatic carbocycles. The summed E-state index contributed by atoms with van der Waals surface area (Å²) in [5, 5.41) is 17.5. The molecule has 5 heteroatoms. The zero-order valence-corrected chi connectivity index (χ0v) is 8.60. The summed E-state index contributed by atoms with van der Waals surface area (Å²) in [6.45, 7) is 1.44. The Hall–Kier alpha value is -1.36. The van der Waals surface area contributed by atoms with Crippen molar-refractivity contribution in [3.05, 3.63) is 24.3 Å². The molecule has 0 aromatic heterocycles. The highest BCUT2D eigenvalue weighted by atomic mass is 32.1. The number of phenols is 1. The topological polar surface area (TPSA) is 66.8 Å². The lowest BCUT2D eigenvalue weighted by Gasteiger charge is -2.09. The van der Waals surface area contributed by atoms with E-state index in [2.05, 4.69) is 0 Å². The molecule has 0 saturated carbocycles. The Labute approximate surface area is 88.6 Å². The van der Waals surface area contributed by atoms with Gasteiger partial charge in [-0.15, -0.1) is 0 Å². The molecule has 14 heavy (non-hydrogen) atoms.